The van der Waals surface area contributed by atoms with Crippen LogP contribution in [0.25, 0.3) is 0 Å². The molecule has 6 heteroatoms. The molecule has 0 N–H and O–H groups in total. The number of carbonyl (C=O) groups is 1. The molecule has 4 heterocycles. The van der Waals surface area contributed by atoms with Crippen LogP contribution in [0.1, 0.15) is 23.2 Å². The molecule has 2 aromatic heterocycles. The molecule has 0 saturated carbocycles. The van der Waals surface area contributed by atoms with Crippen LogP contribution in [0.5, 0.6) is 5.88 Å². The van der Waals surface area contributed by atoms with Crippen LogP contribution in [0.2, 0.25) is 0 Å². The third kappa shape index (κ3) is 2.70. The fourth-order valence-corrected chi connectivity index (χ4v) is 3.37. The molecule has 3 atom stereocenters. The monoisotopic (exact) mass is 314 g/mol. The lowest BCUT2D eigenvalue weighted by atomic mass is 10.0. The molecule has 2 aliphatic rings. The lowest BCUT2D eigenvalue weighted by molar-refractivity contribution is -0.0455. The molecular weight excluding hydrogens is 296 g/mol. The van der Waals surface area contributed by atoms with Crippen molar-refractivity contribution in [2.45, 2.75) is 31.1 Å². The highest BCUT2D eigenvalue weighted by molar-refractivity contribution is 5.94. The summed E-state index contributed by atoms with van der Waals surface area (Å²) in [5.74, 6) is 0.523. The molecule has 2 fully saturated rings. The third-order valence-electron chi connectivity index (χ3n) is 4.42. The Bertz CT molecular complexity index is 658. The largest absolute Gasteiger partial charge is 0.472 e. The minimum Gasteiger partial charge on any atom is -0.472 e. The first-order valence-electron chi connectivity index (χ1n) is 7.85. The molecule has 0 bridgehead atoms. The first kappa shape index (κ1) is 14.3. The van der Waals surface area contributed by atoms with E-state index in [9.17, 15) is 4.79 Å². The van der Waals surface area contributed by atoms with Crippen molar-refractivity contribution in [3.63, 3.8) is 0 Å². The molecule has 2 saturated heterocycles. The van der Waals surface area contributed by atoms with Crippen LogP contribution in [0.4, 0.5) is 0 Å². The molecule has 0 aliphatic carbocycles. The molecule has 23 heavy (non-hydrogen) atoms. The summed E-state index contributed by atoms with van der Waals surface area (Å²) in [5, 5.41) is 0. The highest BCUT2D eigenvalue weighted by atomic mass is 16.5. The molecule has 2 aliphatic heterocycles. The summed E-state index contributed by atoms with van der Waals surface area (Å²) in [6.07, 6.45) is 6.25. The number of fused-ring (bicyclic) bond motifs is 1. The van der Waals surface area contributed by atoms with Gasteiger partial charge in [0.15, 0.2) is 0 Å². The number of furan rings is 1. The van der Waals surface area contributed by atoms with Gasteiger partial charge in [0.1, 0.15) is 18.5 Å². The van der Waals surface area contributed by atoms with Crippen LogP contribution in [0, 0.1) is 0 Å². The van der Waals surface area contributed by atoms with Crippen LogP contribution in [-0.4, -0.2) is 47.2 Å². The van der Waals surface area contributed by atoms with Gasteiger partial charge in [-0.3, -0.25) is 4.79 Å². The average molecular weight is 314 g/mol. The minimum absolute atomic E-state index is 0.0358. The Morgan fingerprint density at radius 1 is 1.35 bits per heavy atom. The molecule has 1 amide bonds. The van der Waals surface area contributed by atoms with Gasteiger partial charge in [-0.15, -0.1) is 0 Å². The number of rotatable bonds is 3. The lowest BCUT2D eigenvalue weighted by Crippen LogP contribution is -2.44. The van der Waals surface area contributed by atoms with Gasteiger partial charge in [-0.2, -0.15) is 0 Å². The van der Waals surface area contributed by atoms with Gasteiger partial charge in [-0.25, -0.2) is 4.98 Å². The first-order valence-corrected chi connectivity index (χ1v) is 7.85. The maximum atomic E-state index is 12.7. The number of carbonyl (C=O) groups excluding carboxylic acids is 1. The maximum Gasteiger partial charge on any atom is 0.257 e. The Morgan fingerprint density at radius 2 is 2.30 bits per heavy atom. The number of likely N-dealkylation sites (tertiary alicyclic amines) is 1. The highest BCUT2D eigenvalue weighted by Crippen LogP contribution is 2.32. The Hall–Kier alpha value is -2.34. The fraction of sp³-hybridized carbons (Fsp3) is 0.412. The lowest BCUT2D eigenvalue weighted by Gasteiger charge is -2.31. The molecule has 4 rings (SSSR count). The molecule has 0 radical (unpaired) electrons. The van der Waals surface area contributed by atoms with E-state index < -0.39 is 0 Å². The summed E-state index contributed by atoms with van der Waals surface area (Å²) in [6, 6.07) is 7.27. The van der Waals surface area contributed by atoms with Crippen molar-refractivity contribution in [2.24, 2.45) is 0 Å². The van der Waals surface area contributed by atoms with Crippen molar-refractivity contribution in [1.29, 1.82) is 0 Å². The van der Waals surface area contributed by atoms with E-state index in [0.717, 1.165) is 12.8 Å². The summed E-state index contributed by atoms with van der Waals surface area (Å²) in [6.45, 7) is 1.20. The minimum atomic E-state index is -0.203. The summed E-state index contributed by atoms with van der Waals surface area (Å²) in [7, 11) is 0. The average Bonchev–Trinajstić information content (AvgIpc) is 3.24. The van der Waals surface area contributed by atoms with E-state index in [0.29, 0.717) is 24.6 Å². The van der Waals surface area contributed by atoms with E-state index in [1.54, 1.807) is 12.3 Å². The maximum absolute atomic E-state index is 12.7. The normalized spacial score (nSPS) is 26.8. The van der Waals surface area contributed by atoms with Gasteiger partial charge in [0, 0.05) is 18.9 Å². The van der Waals surface area contributed by atoms with Crippen molar-refractivity contribution >= 4 is 5.91 Å². The predicted octanol–water partition coefficient (Wildman–Crippen LogP) is 2.13. The number of hydrogen-bond acceptors (Lipinski definition) is 5. The zero-order valence-corrected chi connectivity index (χ0v) is 12.6. The SMILES string of the molecule is O=C(c1ccoc1)N1C[C@@H](Oc2ccccn2)[C@H]2OCCC[C@H]21. The molecule has 120 valence electrons. The van der Waals surface area contributed by atoms with Gasteiger partial charge >= 0.3 is 0 Å². The van der Waals surface area contributed by atoms with Crippen LogP contribution in [0.3, 0.4) is 0 Å². The van der Waals surface area contributed by atoms with Crippen molar-refractivity contribution in [1.82, 2.24) is 9.88 Å². The van der Waals surface area contributed by atoms with Gasteiger partial charge < -0.3 is 18.8 Å². The number of amides is 1. The third-order valence-corrected chi connectivity index (χ3v) is 4.42. The Kier molecular flexibility index (Phi) is 3.75. The highest BCUT2D eigenvalue weighted by Gasteiger charge is 2.47. The van der Waals surface area contributed by atoms with Crippen LogP contribution in [-0.2, 0) is 4.74 Å². The van der Waals surface area contributed by atoms with Crippen LogP contribution >= 0.6 is 0 Å². The molecule has 0 spiro atoms. The van der Waals surface area contributed by atoms with Crippen LogP contribution in [0.15, 0.2) is 47.4 Å². The Morgan fingerprint density at radius 3 is 3.09 bits per heavy atom. The standard InChI is InChI=1S/C17H18N2O4/c20-17(12-6-9-21-11-12)19-10-14(16-13(19)4-3-8-22-16)23-15-5-1-2-7-18-15/h1-2,5-7,9,11,13-14,16H,3-4,8,10H2/t13-,14-,16+/m1/s1. The fourth-order valence-electron chi connectivity index (χ4n) is 3.37. The number of hydrogen-bond donors (Lipinski definition) is 0. The van der Waals surface area contributed by atoms with Gasteiger partial charge in [0.05, 0.1) is 24.4 Å². The topological polar surface area (TPSA) is 64.8 Å². The molecule has 2 aromatic rings. The van der Waals surface area contributed by atoms with E-state index in [4.69, 9.17) is 13.9 Å². The molecule has 6 nitrogen and oxygen atoms in total. The van der Waals surface area contributed by atoms with Crippen molar-refractivity contribution < 1.29 is 18.7 Å². The summed E-state index contributed by atoms with van der Waals surface area (Å²) < 4.78 is 16.9. The summed E-state index contributed by atoms with van der Waals surface area (Å²) in [4.78, 5) is 18.8. The van der Waals surface area contributed by atoms with Gasteiger partial charge in [0.2, 0.25) is 5.88 Å². The smallest absolute Gasteiger partial charge is 0.257 e. The van der Waals surface area contributed by atoms with Crippen molar-refractivity contribution in [3.05, 3.63) is 48.6 Å². The van der Waals surface area contributed by atoms with E-state index in [-0.39, 0.29) is 24.2 Å². The van der Waals surface area contributed by atoms with E-state index >= 15 is 0 Å². The number of nitrogens with zero attached hydrogens (tertiary/aromatic N) is 2. The van der Waals surface area contributed by atoms with Crippen molar-refractivity contribution in [3.8, 4) is 5.88 Å². The number of pyridine rings is 1. The van der Waals surface area contributed by atoms with E-state index in [2.05, 4.69) is 4.98 Å². The van der Waals surface area contributed by atoms with Crippen molar-refractivity contribution in [2.75, 3.05) is 13.2 Å². The summed E-state index contributed by atoms with van der Waals surface area (Å²) in [5.41, 5.74) is 0.563. The quantitative estimate of drug-likeness (QED) is 0.868. The molecule has 0 unspecified atom stereocenters. The second-order valence-corrected chi connectivity index (χ2v) is 5.84. The van der Waals surface area contributed by atoms with E-state index in [1.807, 2.05) is 23.1 Å². The molecular formula is C17H18N2O4. The second-order valence-electron chi connectivity index (χ2n) is 5.84. The van der Waals surface area contributed by atoms with Gasteiger partial charge in [0.25, 0.3) is 5.91 Å². The number of aromatic nitrogens is 1. The van der Waals surface area contributed by atoms with E-state index in [1.165, 1.54) is 12.5 Å². The molecule has 0 aromatic carbocycles. The zero-order valence-electron chi connectivity index (χ0n) is 12.6. The first-order chi connectivity index (χ1) is 11.3. The zero-order chi connectivity index (χ0) is 15.6. The predicted molar refractivity (Wildman–Crippen MR) is 81.2 cm³/mol. The second kappa shape index (κ2) is 6.04. The Labute approximate surface area is 134 Å². The van der Waals surface area contributed by atoms with Gasteiger partial charge in [-0.1, -0.05) is 6.07 Å². The Balaban J connectivity index is 1.56. The van der Waals surface area contributed by atoms with Gasteiger partial charge in [-0.05, 0) is 25.0 Å². The van der Waals surface area contributed by atoms with Crippen LogP contribution < -0.4 is 4.74 Å². The number of ether oxygens (including phenoxy) is 2. The summed E-state index contributed by atoms with van der Waals surface area (Å²) >= 11 is 0.